The van der Waals surface area contributed by atoms with Gasteiger partial charge >= 0.3 is 0 Å². The van der Waals surface area contributed by atoms with E-state index in [1.807, 2.05) is 12.3 Å². The average Bonchev–Trinajstić information content (AvgIpc) is 2.49. The van der Waals surface area contributed by atoms with Crippen LogP contribution in [0, 0.1) is 13.8 Å². The lowest BCUT2D eigenvalue weighted by molar-refractivity contribution is 0.0835. The van der Waals surface area contributed by atoms with E-state index in [0.717, 1.165) is 25.1 Å². The highest BCUT2D eigenvalue weighted by Crippen LogP contribution is 2.40. The Hall–Kier alpha value is -2.03. The number of rotatable bonds is 3. The second kappa shape index (κ2) is 5.64. The van der Waals surface area contributed by atoms with E-state index in [1.54, 1.807) is 6.20 Å². The Morgan fingerprint density at radius 2 is 2.14 bits per heavy atom. The molecule has 0 fully saturated rings. The van der Waals surface area contributed by atoms with Gasteiger partial charge in [-0.2, -0.15) is 0 Å². The molecular formula is C19H24N2O. The molecule has 0 unspecified atom stereocenters. The van der Waals surface area contributed by atoms with Crippen molar-refractivity contribution in [2.75, 3.05) is 5.32 Å². The van der Waals surface area contributed by atoms with Crippen LogP contribution in [0.2, 0.25) is 0 Å². The maximum absolute atomic E-state index is 6.21. The molecule has 2 aromatic rings. The van der Waals surface area contributed by atoms with Crippen molar-refractivity contribution in [1.82, 2.24) is 4.98 Å². The number of nitrogens with one attached hydrogen (secondary N) is 1. The van der Waals surface area contributed by atoms with E-state index >= 15 is 0 Å². The van der Waals surface area contributed by atoms with Crippen molar-refractivity contribution >= 4 is 5.69 Å². The predicted molar refractivity (Wildman–Crippen MR) is 90.5 cm³/mol. The number of aromatic nitrogens is 1. The van der Waals surface area contributed by atoms with Gasteiger partial charge in [0.1, 0.15) is 11.4 Å². The molecule has 1 aromatic heterocycles. The third kappa shape index (κ3) is 2.94. The number of ether oxygens (including phenoxy) is 1. The second-order valence-corrected chi connectivity index (χ2v) is 6.75. The van der Waals surface area contributed by atoms with E-state index in [0.29, 0.717) is 0 Å². The highest BCUT2D eigenvalue weighted by molar-refractivity contribution is 5.62. The quantitative estimate of drug-likeness (QED) is 0.910. The van der Waals surface area contributed by atoms with Crippen molar-refractivity contribution in [2.24, 2.45) is 0 Å². The van der Waals surface area contributed by atoms with Gasteiger partial charge in [0.05, 0.1) is 0 Å². The highest BCUT2D eigenvalue weighted by Gasteiger charge is 2.29. The van der Waals surface area contributed by atoms with E-state index in [2.05, 4.69) is 50.1 Å². The summed E-state index contributed by atoms with van der Waals surface area (Å²) < 4.78 is 6.21. The van der Waals surface area contributed by atoms with Crippen LogP contribution in [0.4, 0.5) is 5.69 Å². The highest BCUT2D eigenvalue weighted by atomic mass is 16.5. The van der Waals surface area contributed by atoms with E-state index < -0.39 is 0 Å². The molecule has 0 saturated carbocycles. The third-order valence-electron chi connectivity index (χ3n) is 4.41. The van der Waals surface area contributed by atoms with Crippen LogP contribution >= 0.6 is 0 Å². The Morgan fingerprint density at radius 3 is 2.86 bits per heavy atom. The van der Waals surface area contributed by atoms with Crippen LogP contribution in [0.25, 0.3) is 0 Å². The zero-order valence-corrected chi connectivity index (χ0v) is 13.9. The van der Waals surface area contributed by atoms with Gasteiger partial charge in [-0.1, -0.05) is 6.07 Å². The molecule has 2 heterocycles. The molecule has 0 amide bonds. The van der Waals surface area contributed by atoms with Gasteiger partial charge in [-0.25, -0.2) is 0 Å². The first-order valence-corrected chi connectivity index (χ1v) is 7.91. The van der Waals surface area contributed by atoms with E-state index in [4.69, 9.17) is 4.74 Å². The number of hydrogen-bond donors (Lipinski definition) is 1. The summed E-state index contributed by atoms with van der Waals surface area (Å²) in [4.78, 5) is 4.16. The molecule has 116 valence electrons. The van der Waals surface area contributed by atoms with Crippen molar-refractivity contribution in [3.63, 3.8) is 0 Å². The average molecular weight is 296 g/mol. The summed E-state index contributed by atoms with van der Waals surface area (Å²) in [5.74, 6) is 1.08. The number of hydrogen-bond acceptors (Lipinski definition) is 3. The monoisotopic (exact) mass is 296 g/mol. The fraction of sp³-hybridized carbons (Fsp3) is 0.421. The Bertz CT molecular complexity index is 678. The number of aryl methyl sites for hydroxylation is 1. The summed E-state index contributed by atoms with van der Waals surface area (Å²) in [6.45, 7) is 9.44. The standard InChI is InChI=1S/C19H24N2O/c1-13-10-17(21-12-15-6-5-9-20-11-15)14(2)16-7-8-19(3,4)22-18(13)16/h5-6,9-11,21H,7-8,12H2,1-4H3. The first-order valence-electron chi connectivity index (χ1n) is 7.91. The first-order chi connectivity index (χ1) is 10.5. The minimum Gasteiger partial charge on any atom is -0.487 e. The van der Waals surface area contributed by atoms with Crippen LogP contribution in [0.5, 0.6) is 5.75 Å². The molecule has 22 heavy (non-hydrogen) atoms. The fourth-order valence-electron chi connectivity index (χ4n) is 3.04. The van der Waals surface area contributed by atoms with Gasteiger partial charge in [-0.05, 0) is 74.9 Å². The van der Waals surface area contributed by atoms with Crippen LogP contribution in [-0.4, -0.2) is 10.6 Å². The first kappa shape index (κ1) is 14.9. The van der Waals surface area contributed by atoms with Gasteiger partial charge in [0.15, 0.2) is 0 Å². The molecule has 0 aliphatic carbocycles. The Morgan fingerprint density at radius 1 is 1.32 bits per heavy atom. The van der Waals surface area contributed by atoms with Crippen molar-refractivity contribution in [2.45, 2.75) is 52.7 Å². The van der Waals surface area contributed by atoms with Gasteiger partial charge in [-0.3, -0.25) is 4.98 Å². The summed E-state index contributed by atoms with van der Waals surface area (Å²) in [6, 6.07) is 6.26. The molecule has 1 aliphatic rings. The topological polar surface area (TPSA) is 34.2 Å². The molecular weight excluding hydrogens is 272 g/mol. The minimum atomic E-state index is -0.0607. The molecule has 0 radical (unpaired) electrons. The normalized spacial score (nSPS) is 15.8. The Kier molecular flexibility index (Phi) is 3.81. The summed E-state index contributed by atoms with van der Waals surface area (Å²) in [7, 11) is 0. The lowest BCUT2D eigenvalue weighted by atomic mass is 9.89. The number of benzene rings is 1. The summed E-state index contributed by atoms with van der Waals surface area (Å²) in [6.07, 6.45) is 5.85. The van der Waals surface area contributed by atoms with Gasteiger partial charge < -0.3 is 10.1 Å². The fourth-order valence-corrected chi connectivity index (χ4v) is 3.04. The molecule has 3 nitrogen and oxygen atoms in total. The maximum Gasteiger partial charge on any atom is 0.126 e. The largest absolute Gasteiger partial charge is 0.487 e. The second-order valence-electron chi connectivity index (χ2n) is 6.75. The van der Waals surface area contributed by atoms with Crippen molar-refractivity contribution in [1.29, 1.82) is 0 Å². The van der Waals surface area contributed by atoms with Crippen molar-refractivity contribution < 1.29 is 4.74 Å². The van der Waals surface area contributed by atoms with E-state index in [1.165, 1.54) is 27.9 Å². The van der Waals surface area contributed by atoms with Crippen molar-refractivity contribution in [3.05, 3.63) is 52.8 Å². The summed E-state index contributed by atoms with van der Waals surface area (Å²) >= 11 is 0. The van der Waals surface area contributed by atoms with Crippen LogP contribution in [-0.2, 0) is 13.0 Å². The lowest BCUT2D eigenvalue weighted by Gasteiger charge is -2.35. The molecule has 1 aliphatic heterocycles. The van der Waals surface area contributed by atoms with E-state index in [-0.39, 0.29) is 5.60 Å². The number of anilines is 1. The Labute approximate surface area is 132 Å². The van der Waals surface area contributed by atoms with Crippen molar-refractivity contribution in [3.8, 4) is 5.75 Å². The Balaban J connectivity index is 1.86. The molecule has 0 saturated heterocycles. The van der Waals surface area contributed by atoms with Gasteiger partial charge in [-0.15, -0.1) is 0 Å². The van der Waals surface area contributed by atoms with Gasteiger partial charge in [0.25, 0.3) is 0 Å². The molecule has 1 aromatic carbocycles. The third-order valence-corrected chi connectivity index (χ3v) is 4.41. The van der Waals surface area contributed by atoms with Crippen LogP contribution in [0.1, 0.15) is 42.5 Å². The zero-order valence-electron chi connectivity index (χ0n) is 13.9. The van der Waals surface area contributed by atoms with E-state index in [9.17, 15) is 0 Å². The zero-order chi connectivity index (χ0) is 15.7. The number of nitrogens with zero attached hydrogens (tertiary/aromatic N) is 1. The van der Waals surface area contributed by atoms with Crippen LogP contribution in [0.15, 0.2) is 30.6 Å². The smallest absolute Gasteiger partial charge is 0.126 e. The van der Waals surface area contributed by atoms with Crippen LogP contribution < -0.4 is 10.1 Å². The molecule has 1 N–H and O–H groups in total. The summed E-state index contributed by atoms with van der Waals surface area (Å²) in [5.41, 5.74) is 6.20. The number of pyridine rings is 1. The lowest BCUT2D eigenvalue weighted by Crippen LogP contribution is -2.33. The molecule has 0 spiro atoms. The SMILES string of the molecule is Cc1cc(NCc2cccnc2)c(C)c2c1OC(C)(C)CC2. The predicted octanol–water partition coefficient (Wildman–Crippen LogP) is 4.41. The molecule has 0 atom stereocenters. The maximum atomic E-state index is 6.21. The molecule has 3 rings (SSSR count). The minimum absolute atomic E-state index is 0.0607. The number of fused-ring (bicyclic) bond motifs is 1. The summed E-state index contributed by atoms with van der Waals surface area (Å²) in [5, 5.41) is 3.55. The van der Waals surface area contributed by atoms with Gasteiger partial charge in [0.2, 0.25) is 0 Å². The molecule has 3 heteroatoms. The van der Waals surface area contributed by atoms with Crippen LogP contribution in [0.3, 0.4) is 0 Å². The molecule has 0 bridgehead atoms. The van der Waals surface area contributed by atoms with Gasteiger partial charge in [0, 0.05) is 24.6 Å².